The zero-order valence-corrected chi connectivity index (χ0v) is 14.8. The number of aromatic nitrogens is 3. The first-order valence-electron chi connectivity index (χ1n) is 7.95. The van der Waals surface area contributed by atoms with Crippen molar-refractivity contribution in [2.75, 3.05) is 5.32 Å². The summed E-state index contributed by atoms with van der Waals surface area (Å²) in [6, 6.07) is 10.6. The van der Waals surface area contributed by atoms with Gasteiger partial charge in [-0.15, -0.1) is 24.5 Å². The van der Waals surface area contributed by atoms with Crippen LogP contribution in [0.15, 0.2) is 54.0 Å². The molecule has 2 aromatic carbocycles. The molecule has 0 spiro atoms. The highest BCUT2D eigenvalue weighted by atomic mass is 32.1. The third kappa shape index (κ3) is 3.67. The maximum Gasteiger partial charge on any atom is 0.573 e. The summed E-state index contributed by atoms with van der Waals surface area (Å²) in [5.41, 5.74) is 1.23. The number of aromatic amines is 1. The Morgan fingerprint density at radius 2 is 1.96 bits per heavy atom. The highest BCUT2D eigenvalue weighted by molar-refractivity contribution is 7.13. The lowest BCUT2D eigenvalue weighted by Gasteiger charge is -2.11. The van der Waals surface area contributed by atoms with Crippen LogP contribution in [0.2, 0.25) is 0 Å². The van der Waals surface area contributed by atoms with Gasteiger partial charge >= 0.3 is 6.36 Å². The van der Waals surface area contributed by atoms with Crippen molar-refractivity contribution in [2.45, 2.75) is 6.36 Å². The second-order valence-electron chi connectivity index (χ2n) is 5.62. The number of carbonyl (C=O) groups is 1. The number of nitrogens with zero attached hydrogens (tertiary/aromatic N) is 2. The van der Waals surface area contributed by atoms with Crippen molar-refractivity contribution in [2.24, 2.45) is 0 Å². The Morgan fingerprint density at radius 3 is 2.71 bits per heavy atom. The Balaban J connectivity index is 1.75. The molecule has 142 valence electrons. The smallest absolute Gasteiger partial charge is 0.405 e. The van der Waals surface area contributed by atoms with Gasteiger partial charge in [0.25, 0.3) is 5.91 Å². The predicted molar refractivity (Wildman–Crippen MR) is 98.3 cm³/mol. The number of nitrogens with one attached hydrogen (secondary N) is 2. The van der Waals surface area contributed by atoms with Crippen molar-refractivity contribution in [1.29, 1.82) is 0 Å². The van der Waals surface area contributed by atoms with Crippen molar-refractivity contribution in [3.05, 3.63) is 59.6 Å². The number of thiazole rings is 1. The fraction of sp³-hybridized carbons (Fsp3) is 0.0556. The fourth-order valence-electron chi connectivity index (χ4n) is 2.67. The molecule has 4 rings (SSSR count). The normalized spacial score (nSPS) is 11.5. The SMILES string of the molecule is O=C(Nc1nccs1)c1cccc2[nH]c(-c3ccccc3OC(F)(F)F)nc12. The number of fused-ring (bicyclic) bond motifs is 1. The van der Waals surface area contributed by atoms with E-state index in [1.165, 1.54) is 29.5 Å². The average molecular weight is 404 g/mol. The number of ether oxygens (including phenoxy) is 1. The molecule has 2 heterocycles. The molecule has 0 aliphatic rings. The minimum atomic E-state index is -4.83. The highest BCUT2D eigenvalue weighted by Gasteiger charge is 2.32. The van der Waals surface area contributed by atoms with Crippen molar-refractivity contribution >= 4 is 33.4 Å². The highest BCUT2D eigenvalue weighted by Crippen LogP contribution is 2.33. The number of H-pyrrole nitrogens is 1. The number of halogens is 3. The van der Waals surface area contributed by atoms with E-state index in [4.69, 9.17) is 0 Å². The maximum absolute atomic E-state index is 12.7. The van der Waals surface area contributed by atoms with Crippen LogP contribution in [-0.2, 0) is 0 Å². The van der Waals surface area contributed by atoms with Crippen LogP contribution in [0.4, 0.5) is 18.3 Å². The van der Waals surface area contributed by atoms with Gasteiger partial charge in [-0.05, 0) is 24.3 Å². The minimum absolute atomic E-state index is 0.127. The van der Waals surface area contributed by atoms with Crippen LogP contribution >= 0.6 is 11.3 Å². The zero-order chi connectivity index (χ0) is 19.7. The Kier molecular flexibility index (Phi) is 4.47. The number of hydrogen-bond donors (Lipinski definition) is 2. The van der Waals surface area contributed by atoms with Gasteiger partial charge in [0.05, 0.1) is 16.6 Å². The molecule has 0 atom stereocenters. The molecule has 0 saturated carbocycles. The summed E-state index contributed by atoms with van der Waals surface area (Å²) >= 11 is 1.27. The number of benzene rings is 2. The molecule has 6 nitrogen and oxygen atoms in total. The monoisotopic (exact) mass is 404 g/mol. The van der Waals surface area contributed by atoms with Crippen LogP contribution < -0.4 is 10.1 Å². The largest absolute Gasteiger partial charge is 0.573 e. The third-order valence-electron chi connectivity index (χ3n) is 3.78. The summed E-state index contributed by atoms with van der Waals surface area (Å²) in [6.07, 6.45) is -3.27. The van der Waals surface area contributed by atoms with Crippen LogP contribution in [0.25, 0.3) is 22.4 Å². The van der Waals surface area contributed by atoms with E-state index in [0.717, 1.165) is 0 Å². The van der Waals surface area contributed by atoms with Gasteiger partial charge in [-0.1, -0.05) is 18.2 Å². The Hall–Kier alpha value is -3.40. The van der Waals surface area contributed by atoms with Crippen LogP contribution in [-0.4, -0.2) is 27.2 Å². The molecular weight excluding hydrogens is 393 g/mol. The average Bonchev–Trinajstić information content (AvgIpc) is 3.29. The molecule has 0 aliphatic carbocycles. The van der Waals surface area contributed by atoms with Gasteiger partial charge < -0.3 is 9.72 Å². The molecule has 28 heavy (non-hydrogen) atoms. The van der Waals surface area contributed by atoms with E-state index in [2.05, 4.69) is 25.0 Å². The second-order valence-corrected chi connectivity index (χ2v) is 6.52. The Labute approximate surface area is 160 Å². The number of anilines is 1. The molecule has 4 aromatic rings. The first-order valence-corrected chi connectivity index (χ1v) is 8.83. The number of para-hydroxylation sites is 2. The summed E-state index contributed by atoms with van der Waals surface area (Å²) in [5.74, 6) is -0.648. The van der Waals surface area contributed by atoms with E-state index in [0.29, 0.717) is 16.2 Å². The molecule has 0 fully saturated rings. The van der Waals surface area contributed by atoms with Gasteiger partial charge in [-0.25, -0.2) is 9.97 Å². The molecule has 0 saturated heterocycles. The number of rotatable bonds is 4. The van der Waals surface area contributed by atoms with E-state index in [1.807, 2.05) is 0 Å². The van der Waals surface area contributed by atoms with Crippen LogP contribution in [0.3, 0.4) is 0 Å². The summed E-state index contributed by atoms with van der Waals surface area (Å²) in [4.78, 5) is 23.8. The van der Waals surface area contributed by atoms with Gasteiger partial charge in [-0.2, -0.15) is 0 Å². The fourth-order valence-corrected chi connectivity index (χ4v) is 3.19. The van der Waals surface area contributed by atoms with E-state index >= 15 is 0 Å². The second kappa shape index (κ2) is 6.97. The lowest BCUT2D eigenvalue weighted by molar-refractivity contribution is -0.274. The van der Waals surface area contributed by atoms with Gasteiger partial charge in [0.1, 0.15) is 17.1 Å². The number of imidazole rings is 1. The molecule has 0 radical (unpaired) electrons. The zero-order valence-electron chi connectivity index (χ0n) is 13.9. The summed E-state index contributed by atoms with van der Waals surface area (Å²) in [6.45, 7) is 0. The van der Waals surface area contributed by atoms with E-state index in [9.17, 15) is 18.0 Å². The van der Waals surface area contributed by atoms with Crippen LogP contribution in [0.5, 0.6) is 5.75 Å². The molecule has 2 aromatic heterocycles. The molecule has 2 N–H and O–H groups in total. The van der Waals surface area contributed by atoms with Gasteiger partial charge in [-0.3, -0.25) is 10.1 Å². The standard InChI is InChI=1S/C18H11F3N4O2S/c19-18(20,21)27-13-7-2-1-4-10(13)15-23-12-6-3-5-11(14(12)24-15)16(26)25-17-22-8-9-28-17/h1-9H,(H,23,24)(H,22,25,26). The first-order chi connectivity index (χ1) is 13.4. The van der Waals surface area contributed by atoms with Crippen molar-refractivity contribution < 1.29 is 22.7 Å². The van der Waals surface area contributed by atoms with Crippen molar-refractivity contribution in [3.63, 3.8) is 0 Å². The molecular formula is C18H11F3N4O2S. The topological polar surface area (TPSA) is 79.9 Å². The molecule has 0 bridgehead atoms. The number of amides is 1. The van der Waals surface area contributed by atoms with Crippen molar-refractivity contribution in [1.82, 2.24) is 15.0 Å². The Morgan fingerprint density at radius 1 is 1.14 bits per heavy atom. The molecule has 0 unspecified atom stereocenters. The van der Waals surface area contributed by atoms with Gasteiger partial charge in [0.15, 0.2) is 5.13 Å². The van der Waals surface area contributed by atoms with E-state index in [1.54, 1.807) is 35.8 Å². The quantitative estimate of drug-likeness (QED) is 0.510. The van der Waals surface area contributed by atoms with E-state index in [-0.39, 0.29) is 22.7 Å². The Bertz CT molecular complexity index is 1140. The summed E-state index contributed by atoms with van der Waals surface area (Å²) in [7, 11) is 0. The lowest BCUT2D eigenvalue weighted by Crippen LogP contribution is -2.17. The summed E-state index contributed by atoms with van der Waals surface area (Å²) in [5, 5.41) is 4.82. The minimum Gasteiger partial charge on any atom is -0.405 e. The third-order valence-corrected chi connectivity index (χ3v) is 4.47. The van der Waals surface area contributed by atoms with Gasteiger partial charge in [0.2, 0.25) is 0 Å². The number of hydrogen-bond acceptors (Lipinski definition) is 5. The number of carbonyl (C=O) groups excluding carboxylic acids is 1. The number of alkyl halides is 3. The van der Waals surface area contributed by atoms with Crippen molar-refractivity contribution in [3.8, 4) is 17.1 Å². The van der Waals surface area contributed by atoms with E-state index < -0.39 is 12.3 Å². The first kappa shape index (κ1) is 18.0. The van der Waals surface area contributed by atoms with Gasteiger partial charge in [0, 0.05) is 11.6 Å². The molecule has 10 heteroatoms. The summed E-state index contributed by atoms with van der Waals surface area (Å²) < 4.78 is 42.1. The van der Waals surface area contributed by atoms with Crippen LogP contribution in [0, 0.1) is 0 Å². The predicted octanol–water partition coefficient (Wildman–Crippen LogP) is 4.84. The lowest BCUT2D eigenvalue weighted by atomic mass is 10.1. The molecule has 0 aliphatic heterocycles. The molecule has 1 amide bonds. The maximum atomic E-state index is 12.7. The van der Waals surface area contributed by atoms with Crippen LogP contribution in [0.1, 0.15) is 10.4 Å².